The molecule has 3 nitrogen and oxygen atoms in total. The Kier molecular flexibility index (Phi) is 5.88. The first kappa shape index (κ1) is 16.3. The normalized spacial score (nSPS) is 22.5. The highest BCUT2D eigenvalue weighted by molar-refractivity contribution is 4.92. The van der Waals surface area contributed by atoms with E-state index in [0.29, 0.717) is 12.1 Å². The van der Waals surface area contributed by atoms with E-state index in [2.05, 4.69) is 31.0 Å². The second kappa shape index (κ2) is 7.24. The molecule has 1 atom stereocenters. The number of aliphatic hydroxyl groups is 1. The number of nitrogens with one attached hydrogen (secondary N) is 1. The van der Waals surface area contributed by atoms with Crippen LogP contribution in [0.4, 0.5) is 0 Å². The van der Waals surface area contributed by atoms with E-state index in [4.69, 9.17) is 0 Å². The van der Waals surface area contributed by atoms with E-state index >= 15 is 0 Å². The number of unbranched alkanes of at least 4 members (excludes halogenated alkanes) is 1. The summed E-state index contributed by atoms with van der Waals surface area (Å²) in [5.74, 6) is 0.983. The van der Waals surface area contributed by atoms with Crippen LogP contribution in [0.25, 0.3) is 0 Å². The van der Waals surface area contributed by atoms with Crippen molar-refractivity contribution < 1.29 is 5.11 Å². The molecule has 0 aromatic heterocycles. The second-order valence-electron chi connectivity index (χ2n) is 7.63. The minimum atomic E-state index is -0.0552. The fourth-order valence-electron chi connectivity index (χ4n) is 2.94. The molecule has 2 fully saturated rings. The Morgan fingerprint density at radius 1 is 1.20 bits per heavy atom. The molecular weight excluding hydrogens is 248 g/mol. The third kappa shape index (κ3) is 5.71. The van der Waals surface area contributed by atoms with Gasteiger partial charge in [0.15, 0.2) is 0 Å². The predicted molar refractivity (Wildman–Crippen MR) is 84.9 cm³/mol. The van der Waals surface area contributed by atoms with Crippen LogP contribution < -0.4 is 5.32 Å². The second-order valence-corrected chi connectivity index (χ2v) is 7.63. The van der Waals surface area contributed by atoms with Crippen molar-refractivity contribution in [2.24, 2.45) is 5.92 Å². The lowest BCUT2D eigenvalue weighted by Crippen LogP contribution is -2.47. The highest BCUT2D eigenvalue weighted by atomic mass is 16.3. The average Bonchev–Trinajstić information content (AvgIpc) is 3.28. The molecule has 0 aromatic carbocycles. The van der Waals surface area contributed by atoms with Crippen molar-refractivity contribution in [2.45, 2.75) is 83.3 Å². The van der Waals surface area contributed by atoms with Gasteiger partial charge in [0.1, 0.15) is 0 Å². The molecule has 3 heteroatoms. The summed E-state index contributed by atoms with van der Waals surface area (Å²) in [5.41, 5.74) is -0.0552. The standard InChI is InChI=1S/C17H34N2O/c1-14(2)19(12-15-6-7-15)11-5-4-10-17(3,13-20)18-16-8-9-16/h14-16,18,20H,4-13H2,1-3H3. The molecule has 2 aliphatic carbocycles. The third-order valence-corrected chi connectivity index (χ3v) is 4.82. The lowest BCUT2D eigenvalue weighted by molar-refractivity contribution is 0.155. The van der Waals surface area contributed by atoms with Crippen LogP contribution in [-0.2, 0) is 0 Å². The van der Waals surface area contributed by atoms with Crippen LogP contribution in [0.1, 0.15) is 65.7 Å². The van der Waals surface area contributed by atoms with E-state index in [0.717, 1.165) is 12.3 Å². The average molecular weight is 282 g/mol. The first-order valence-electron chi connectivity index (χ1n) is 8.65. The minimum Gasteiger partial charge on any atom is -0.394 e. The van der Waals surface area contributed by atoms with Gasteiger partial charge in [0.05, 0.1) is 6.61 Å². The molecule has 0 bridgehead atoms. The summed E-state index contributed by atoms with van der Waals surface area (Å²) in [7, 11) is 0. The molecule has 2 N–H and O–H groups in total. The summed E-state index contributed by atoms with van der Waals surface area (Å²) in [6, 6.07) is 1.35. The maximum absolute atomic E-state index is 9.61. The summed E-state index contributed by atoms with van der Waals surface area (Å²) in [6.07, 6.45) is 9.03. The number of hydrogen-bond acceptors (Lipinski definition) is 3. The minimum absolute atomic E-state index is 0.0552. The van der Waals surface area contributed by atoms with Crippen molar-refractivity contribution in [1.82, 2.24) is 10.2 Å². The Morgan fingerprint density at radius 2 is 1.90 bits per heavy atom. The first-order valence-corrected chi connectivity index (χ1v) is 8.65. The first-order chi connectivity index (χ1) is 9.52. The molecule has 20 heavy (non-hydrogen) atoms. The Balaban J connectivity index is 1.62. The van der Waals surface area contributed by atoms with Gasteiger partial charge in [0.25, 0.3) is 0 Å². The van der Waals surface area contributed by atoms with E-state index in [1.807, 2.05) is 0 Å². The van der Waals surface area contributed by atoms with Gasteiger partial charge in [-0.2, -0.15) is 0 Å². The molecule has 2 saturated carbocycles. The summed E-state index contributed by atoms with van der Waals surface area (Å²) >= 11 is 0. The van der Waals surface area contributed by atoms with Crippen LogP contribution in [0.15, 0.2) is 0 Å². The quantitative estimate of drug-likeness (QED) is 0.572. The molecule has 0 aliphatic heterocycles. The van der Waals surface area contributed by atoms with Gasteiger partial charge >= 0.3 is 0 Å². The zero-order valence-electron chi connectivity index (χ0n) is 13.7. The maximum atomic E-state index is 9.61. The highest BCUT2D eigenvalue weighted by Gasteiger charge is 2.31. The maximum Gasteiger partial charge on any atom is 0.0610 e. The summed E-state index contributed by atoms with van der Waals surface area (Å²) in [6.45, 7) is 9.59. The predicted octanol–water partition coefficient (Wildman–Crippen LogP) is 2.78. The van der Waals surface area contributed by atoms with Crippen molar-refractivity contribution >= 4 is 0 Å². The zero-order chi connectivity index (χ0) is 14.6. The molecule has 118 valence electrons. The van der Waals surface area contributed by atoms with E-state index in [9.17, 15) is 5.11 Å². The molecule has 0 heterocycles. The zero-order valence-corrected chi connectivity index (χ0v) is 13.7. The lowest BCUT2D eigenvalue weighted by atomic mass is 9.95. The Bertz CT molecular complexity index is 287. The highest BCUT2D eigenvalue weighted by Crippen LogP contribution is 2.30. The summed E-state index contributed by atoms with van der Waals surface area (Å²) in [4.78, 5) is 2.64. The smallest absolute Gasteiger partial charge is 0.0610 e. The van der Waals surface area contributed by atoms with Gasteiger partial charge < -0.3 is 15.3 Å². The van der Waals surface area contributed by atoms with Gasteiger partial charge in [-0.15, -0.1) is 0 Å². The van der Waals surface area contributed by atoms with E-state index in [-0.39, 0.29) is 12.1 Å². The topological polar surface area (TPSA) is 35.5 Å². The molecule has 2 rings (SSSR count). The van der Waals surface area contributed by atoms with Crippen molar-refractivity contribution in [3.8, 4) is 0 Å². The molecule has 0 aromatic rings. The Morgan fingerprint density at radius 3 is 2.40 bits per heavy atom. The van der Waals surface area contributed by atoms with Crippen molar-refractivity contribution in [3.05, 3.63) is 0 Å². The molecule has 0 saturated heterocycles. The molecule has 0 radical (unpaired) electrons. The largest absolute Gasteiger partial charge is 0.394 e. The van der Waals surface area contributed by atoms with Gasteiger partial charge in [-0.05, 0) is 71.8 Å². The van der Waals surface area contributed by atoms with E-state index in [1.54, 1.807) is 0 Å². The Labute approximate surface area is 125 Å². The van der Waals surface area contributed by atoms with Gasteiger partial charge in [-0.3, -0.25) is 0 Å². The lowest BCUT2D eigenvalue weighted by Gasteiger charge is -2.30. The molecule has 0 amide bonds. The van der Waals surface area contributed by atoms with Crippen LogP contribution in [0.2, 0.25) is 0 Å². The molecule has 2 aliphatic rings. The van der Waals surface area contributed by atoms with Gasteiger partial charge in [0, 0.05) is 24.2 Å². The number of nitrogens with zero attached hydrogens (tertiary/aromatic N) is 1. The van der Waals surface area contributed by atoms with E-state index in [1.165, 1.54) is 51.6 Å². The molecule has 1 unspecified atom stereocenters. The third-order valence-electron chi connectivity index (χ3n) is 4.82. The Hall–Kier alpha value is -0.120. The van der Waals surface area contributed by atoms with E-state index < -0.39 is 0 Å². The summed E-state index contributed by atoms with van der Waals surface area (Å²) in [5, 5.41) is 13.2. The monoisotopic (exact) mass is 282 g/mol. The van der Waals surface area contributed by atoms with Crippen molar-refractivity contribution in [3.63, 3.8) is 0 Å². The fraction of sp³-hybridized carbons (Fsp3) is 1.00. The number of hydrogen-bond donors (Lipinski definition) is 2. The van der Waals surface area contributed by atoms with Crippen molar-refractivity contribution in [1.29, 1.82) is 0 Å². The molecular formula is C17H34N2O. The van der Waals surface area contributed by atoms with Crippen LogP contribution in [0.3, 0.4) is 0 Å². The molecule has 0 spiro atoms. The van der Waals surface area contributed by atoms with Gasteiger partial charge in [-0.25, -0.2) is 0 Å². The van der Waals surface area contributed by atoms with Crippen molar-refractivity contribution in [2.75, 3.05) is 19.7 Å². The van der Waals surface area contributed by atoms with Crippen LogP contribution >= 0.6 is 0 Å². The number of aliphatic hydroxyl groups excluding tert-OH is 1. The SMILES string of the molecule is CC(C)N(CCCCC(C)(CO)NC1CC1)CC1CC1. The number of rotatable bonds is 11. The van der Waals surface area contributed by atoms with Crippen LogP contribution in [-0.4, -0.2) is 47.3 Å². The van der Waals surface area contributed by atoms with Crippen LogP contribution in [0, 0.1) is 5.92 Å². The summed E-state index contributed by atoms with van der Waals surface area (Å²) < 4.78 is 0. The van der Waals surface area contributed by atoms with Crippen LogP contribution in [0.5, 0.6) is 0 Å². The van der Waals surface area contributed by atoms with Gasteiger partial charge in [-0.1, -0.05) is 6.42 Å². The van der Waals surface area contributed by atoms with Gasteiger partial charge in [0.2, 0.25) is 0 Å². The fourth-order valence-corrected chi connectivity index (χ4v) is 2.94.